The van der Waals surface area contributed by atoms with Crippen LogP contribution < -0.4 is 0 Å². The van der Waals surface area contributed by atoms with Crippen molar-refractivity contribution in [2.45, 2.75) is 53.1 Å². The van der Waals surface area contributed by atoms with Gasteiger partial charge in [0.05, 0.1) is 0 Å². The van der Waals surface area contributed by atoms with Crippen LogP contribution in [-0.4, -0.2) is 21.4 Å². The fraction of sp³-hybridized carbons (Fsp3) is 0.474. The average Bonchev–Trinajstić information content (AvgIpc) is 2.50. The highest BCUT2D eigenvalue weighted by atomic mass is 15.1. The van der Waals surface area contributed by atoms with Crippen LogP contribution in [0, 0.1) is 13.8 Å². The highest BCUT2D eigenvalue weighted by molar-refractivity contribution is 5.30. The summed E-state index contributed by atoms with van der Waals surface area (Å²) in [6.45, 7) is 11.7. The van der Waals surface area contributed by atoms with Gasteiger partial charge in [0.1, 0.15) is 5.82 Å². The fourth-order valence-electron chi connectivity index (χ4n) is 2.96. The molecule has 2 heterocycles. The van der Waals surface area contributed by atoms with Crippen LogP contribution in [0.15, 0.2) is 24.4 Å². The Labute approximate surface area is 133 Å². The van der Waals surface area contributed by atoms with E-state index in [0.29, 0.717) is 5.92 Å². The Morgan fingerprint density at radius 2 is 2.00 bits per heavy atom. The van der Waals surface area contributed by atoms with Crippen LogP contribution in [0.1, 0.15) is 53.5 Å². The highest BCUT2D eigenvalue weighted by Gasteiger charge is 2.19. The Morgan fingerprint density at radius 3 is 2.73 bits per heavy atom. The summed E-state index contributed by atoms with van der Waals surface area (Å²) in [4.78, 5) is 11.8. The van der Waals surface area contributed by atoms with Crippen molar-refractivity contribution >= 4 is 0 Å². The van der Waals surface area contributed by atoms with Crippen LogP contribution in [0.2, 0.25) is 0 Å². The van der Waals surface area contributed by atoms with Crippen molar-refractivity contribution in [3.8, 4) is 0 Å². The third kappa shape index (κ3) is 3.20. The van der Waals surface area contributed by atoms with Crippen molar-refractivity contribution in [1.82, 2.24) is 14.9 Å². The van der Waals surface area contributed by atoms with E-state index in [-0.39, 0.29) is 0 Å². The van der Waals surface area contributed by atoms with Gasteiger partial charge in [-0.2, -0.15) is 0 Å². The van der Waals surface area contributed by atoms with E-state index < -0.39 is 0 Å². The van der Waals surface area contributed by atoms with Crippen LogP contribution in [0.3, 0.4) is 0 Å². The standard InChI is InChI=1S/C19H25N3/c1-13(2)19-20-10-17-12-22(8-7-18(17)21-19)11-16-6-5-14(3)15(4)9-16/h5-6,9-10,13H,7-8,11-12H2,1-4H3. The van der Waals surface area contributed by atoms with E-state index in [1.165, 1.54) is 27.9 Å². The molecule has 0 saturated carbocycles. The first kappa shape index (κ1) is 15.2. The Morgan fingerprint density at radius 1 is 1.18 bits per heavy atom. The third-order valence-corrected chi connectivity index (χ3v) is 4.53. The summed E-state index contributed by atoms with van der Waals surface area (Å²) >= 11 is 0. The normalized spacial score (nSPS) is 15.1. The maximum atomic E-state index is 4.74. The molecule has 0 N–H and O–H groups in total. The van der Waals surface area contributed by atoms with Crippen LogP contribution in [-0.2, 0) is 19.5 Å². The Hall–Kier alpha value is -1.74. The second-order valence-corrected chi connectivity index (χ2v) is 6.73. The predicted molar refractivity (Wildman–Crippen MR) is 89.9 cm³/mol. The number of fused-ring (bicyclic) bond motifs is 1. The summed E-state index contributed by atoms with van der Waals surface area (Å²) in [5.41, 5.74) is 6.67. The van der Waals surface area contributed by atoms with E-state index in [1.807, 2.05) is 6.20 Å². The molecule has 22 heavy (non-hydrogen) atoms. The van der Waals surface area contributed by atoms with Gasteiger partial charge in [-0.1, -0.05) is 32.0 Å². The molecule has 0 fully saturated rings. The molecule has 0 spiro atoms. The van der Waals surface area contributed by atoms with Gasteiger partial charge < -0.3 is 0 Å². The number of rotatable bonds is 3. The lowest BCUT2D eigenvalue weighted by atomic mass is 10.0. The molecule has 3 rings (SSSR count). The molecular formula is C19H25N3. The molecule has 1 aromatic heterocycles. The molecule has 0 atom stereocenters. The van der Waals surface area contributed by atoms with Gasteiger partial charge in [0.25, 0.3) is 0 Å². The Balaban J connectivity index is 1.72. The van der Waals surface area contributed by atoms with Crippen molar-refractivity contribution in [3.05, 3.63) is 58.2 Å². The fourth-order valence-corrected chi connectivity index (χ4v) is 2.96. The topological polar surface area (TPSA) is 29.0 Å². The highest BCUT2D eigenvalue weighted by Crippen LogP contribution is 2.21. The Bertz CT molecular complexity index is 676. The first-order chi connectivity index (χ1) is 10.5. The molecule has 1 aromatic carbocycles. The lowest BCUT2D eigenvalue weighted by molar-refractivity contribution is 0.242. The Kier molecular flexibility index (Phi) is 4.25. The molecule has 0 unspecified atom stereocenters. The lowest BCUT2D eigenvalue weighted by Crippen LogP contribution is -2.31. The smallest absolute Gasteiger partial charge is 0.131 e. The molecule has 0 bridgehead atoms. The zero-order valence-corrected chi connectivity index (χ0v) is 14.1. The van der Waals surface area contributed by atoms with Crippen molar-refractivity contribution in [2.75, 3.05) is 6.54 Å². The second kappa shape index (κ2) is 6.17. The number of hydrogen-bond donors (Lipinski definition) is 0. The number of benzene rings is 1. The van der Waals surface area contributed by atoms with E-state index in [9.17, 15) is 0 Å². The van der Waals surface area contributed by atoms with E-state index >= 15 is 0 Å². The molecule has 3 nitrogen and oxygen atoms in total. The predicted octanol–water partition coefficient (Wildman–Crippen LogP) is 3.78. The molecule has 0 radical (unpaired) electrons. The van der Waals surface area contributed by atoms with Gasteiger partial charge in [-0.15, -0.1) is 0 Å². The number of aryl methyl sites for hydroxylation is 2. The maximum absolute atomic E-state index is 4.74. The van der Waals surface area contributed by atoms with Crippen LogP contribution in [0.4, 0.5) is 0 Å². The van der Waals surface area contributed by atoms with Crippen LogP contribution >= 0.6 is 0 Å². The van der Waals surface area contributed by atoms with Gasteiger partial charge >= 0.3 is 0 Å². The SMILES string of the molecule is Cc1ccc(CN2CCc3nc(C(C)C)ncc3C2)cc1C. The van der Waals surface area contributed by atoms with Gasteiger partial charge in [-0.05, 0) is 30.5 Å². The van der Waals surface area contributed by atoms with Gasteiger partial charge in [0, 0.05) is 49.4 Å². The van der Waals surface area contributed by atoms with Gasteiger partial charge in [0.15, 0.2) is 0 Å². The summed E-state index contributed by atoms with van der Waals surface area (Å²) in [5.74, 6) is 1.38. The van der Waals surface area contributed by atoms with Crippen molar-refractivity contribution in [1.29, 1.82) is 0 Å². The molecule has 2 aromatic rings. The first-order valence-corrected chi connectivity index (χ1v) is 8.16. The number of nitrogens with zero attached hydrogens (tertiary/aromatic N) is 3. The molecule has 116 valence electrons. The van der Waals surface area contributed by atoms with Crippen molar-refractivity contribution in [3.63, 3.8) is 0 Å². The second-order valence-electron chi connectivity index (χ2n) is 6.73. The quantitative estimate of drug-likeness (QED) is 0.863. The van der Waals surface area contributed by atoms with Gasteiger partial charge in [-0.25, -0.2) is 9.97 Å². The zero-order chi connectivity index (χ0) is 15.7. The van der Waals surface area contributed by atoms with Crippen LogP contribution in [0.5, 0.6) is 0 Å². The minimum absolute atomic E-state index is 0.402. The average molecular weight is 295 g/mol. The molecule has 0 amide bonds. The molecule has 1 aliphatic heterocycles. The minimum atomic E-state index is 0.402. The lowest BCUT2D eigenvalue weighted by Gasteiger charge is -2.28. The largest absolute Gasteiger partial charge is 0.294 e. The molecule has 0 saturated heterocycles. The number of aromatic nitrogens is 2. The molecule has 0 aliphatic carbocycles. The van der Waals surface area contributed by atoms with E-state index in [0.717, 1.165) is 31.9 Å². The summed E-state index contributed by atoms with van der Waals surface area (Å²) in [7, 11) is 0. The summed E-state index contributed by atoms with van der Waals surface area (Å²) in [6.07, 6.45) is 3.06. The summed E-state index contributed by atoms with van der Waals surface area (Å²) < 4.78 is 0. The van der Waals surface area contributed by atoms with E-state index in [4.69, 9.17) is 4.98 Å². The molecule has 3 heteroatoms. The molecular weight excluding hydrogens is 270 g/mol. The monoisotopic (exact) mass is 295 g/mol. The van der Waals surface area contributed by atoms with Crippen LogP contribution in [0.25, 0.3) is 0 Å². The summed E-state index contributed by atoms with van der Waals surface area (Å²) in [6, 6.07) is 6.78. The van der Waals surface area contributed by atoms with Gasteiger partial charge in [0.2, 0.25) is 0 Å². The van der Waals surface area contributed by atoms with E-state index in [2.05, 4.69) is 55.8 Å². The number of hydrogen-bond acceptors (Lipinski definition) is 3. The minimum Gasteiger partial charge on any atom is -0.294 e. The van der Waals surface area contributed by atoms with Crippen molar-refractivity contribution in [2.24, 2.45) is 0 Å². The van der Waals surface area contributed by atoms with Gasteiger partial charge in [-0.3, -0.25) is 4.90 Å². The molecule has 1 aliphatic rings. The first-order valence-electron chi connectivity index (χ1n) is 8.16. The maximum Gasteiger partial charge on any atom is 0.131 e. The van der Waals surface area contributed by atoms with Crippen molar-refractivity contribution < 1.29 is 0 Å². The van der Waals surface area contributed by atoms with E-state index in [1.54, 1.807) is 0 Å². The summed E-state index contributed by atoms with van der Waals surface area (Å²) in [5, 5.41) is 0. The zero-order valence-electron chi connectivity index (χ0n) is 14.1. The third-order valence-electron chi connectivity index (χ3n) is 4.53.